The Kier molecular flexibility index (Phi) is 3.56. The van der Waals surface area contributed by atoms with Crippen molar-refractivity contribution in [2.45, 2.75) is 12.5 Å². The summed E-state index contributed by atoms with van der Waals surface area (Å²) in [6.45, 7) is 1.11. The zero-order chi connectivity index (χ0) is 11.7. The van der Waals surface area contributed by atoms with E-state index in [9.17, 15) is 0 Å². The van der Waals surface area contributed by atoms with Gasteiger partial charge in [0.1, 0.15) is 0 Å². The highest BCUT2D eigenvalue weighted by molar-refractivity contribution is 7.99. The number of nitrogens with one attached hydrogen (secondary N) is 1. The number of benzene rings is 1. The van der Waals surface area contributed by atoms with E-state index in [2.05, 4.69) is 10.3 Å². The summed E-state index contributed by atoms with van der Waals surface area (Å²) in [5.74, 6) is 2.41. The SMILES string of the molecule is Clc1cccc2nc(CC3CSCCN3)sc12. The second-order valence-electron chi connectivity index (χ2n) is 4.13. The zero-order valence-electron chi connectivity index (χ0n) is 9.28. The molecule has 1 aromatic heterocycles. The zero-order valence-corrected chi connectivity index (χ0v) is 11.7. The molecule has 1 atom stereocenters. The van der Waals surface area contributed by atoms with Gasteiger partial charge in [0.05, 0.1) is 20.2 Å². The van der Waals surface area contributed by atoms with E-state index in [1.807, 2.05) is 30.0 Å². The smallest absolute Gasteiger partial charge is 0.0955 e. The Balaban J connectivity index is 1.83. The van der Waals surface area contributed by atoms with Gasteiger partial charge in [-0.2, -0.15) is 11.8 Å². The van der Waals surface area contributed by atoms with Crippen molar-refractivity contribution in [1.29, 1.82) is 0 Å². The van der Waals surface area contributed by atoms with Crippen molar-refractivity contribution in [3.63, 3.8) is 0 Å². The Hall–Kier alpha value is -0.290. The minimum Gasteiger partial charge on any atom is -0.312 e. The van der Waals surface area contributed by atoms with Crippen LogP contribution in [0.5, 0.6) is 0 Å². The molecule has 1 aromatic carbocycles. The van der Waals surface area contributed by atoms with Crippen LogP contribution >= 0.6 is 34.7 Å². The van der Waals surface area contributed by atoms with Crippen LogP contribution in [0.25, 0.3) is 10.2 Å². The van der Waals surface area contributed by atoms with Gasteiger partial charge in [0, 0.05) is 30.5 Å². The largest absolute Gasteiger partial charge is 0.312 e. The summed E-state index contributed by atoms with van der Waals surface area (Å²) in [5.41, 5.74) is 1.03. The van der Waals surface area contributed by atoms with E-state index in [1.165, 1.54) is 16.5 Å². The lowest BCUT2D eigenvalue weighted by atomic mass is 10.2. The van der Waals surface area contributed by atoms with Crippen molar-refractivity contribution in [2.75, 3.05) is 18.1 Å². The molecular formula is C12H13ClN2S2. The van der Waals surface area contributed by atoms with Crippen LogP contribution in [0.4, 0.5) is 0 Å². The molecular weight excluding hydrogens is 272 g/mol. The predicted octanol–water partition coefficient (Wildman–Crippen LogP) is 3.20. The van der Waals surface area contributed by atoms with Crippen LogP contribution in [0.2, 0.25) is 5.02 Å². The quantitative estimate of drug-likeness (QED) is 0.917. The van der Waals surface area contributed by atoms with Gasteiger partial charge in [0.2, 0.25) is 0 Å². The lowest BCUT2D eigenvalue weighted by Gasteiger charge is -2.21. The molecule has 5 heteroatoms. The number of halogens is 1. The third-order valence-electron chi connectivity index (χ3n) is 2.83. The van der Waals surface area contributed by atoms with Crippen LogP contribution in [-0.2, 0) is 6.42 Å². The monoisotopic (exact) mass is 284 g/mol. The summed E-state index contributed by atoms with van der Waals surface area (Å²) in [6, 6.07) is 6.49. The van der Waals surface area contributed by atoms with Crippen LogP contribution in [-0.4, -0.2) is 29.1 Å². The lowest BCUT2D eigenvalue weighted by Crippen LogP contribution is -2.38. The average molecular weight is 285 g/mol. The van der Waals surface area contributed by atoms with Crippen molar-refractivity contribution < 1.29 is 0 Å². The van der Waals surface area contributed by atoms with Crippen molar-refractivity contribution in [2.24, 2.45) is 0 Å². The maximum Gasteiger partial charge on any atom is 0.0955 e. The molecule has 0 amide bonds. The van der Waals surface area contributed by atoms with Crippen LogP contribution < -0.4 is 5.32 Å². The van der Waals surface area contributed by atoms with Crippen LogP contribution in [0, 0.1) is 0 Å². The van der Waals surface area contributed by atoms with E-state index in [0.717, 1.165) is 28.2 Å². The van der Waals surface area contributed by atoms with Crippen LogP contribution in [0.1, 0.15) is 5.01 Å². The molecule has 0 saturated carbocycles. The second-order valence-corrected chi connectivity index (χ2v) is 6.77. The molecule has 3 rings (SSSR count). The summed E-state index contributed by atoms with van der Waals surface area (Å²) in [7, 11) is 0. The van der Waals surface area contributed by atoms with Gasteiger partial charge in [0.15, 0.2) is 0 Å². The molecule has 2 heterocycles. The number of hydrogen-bond acceptors (Lipinski definition) is 4. The second kappa shape index (κ2) is 5.14. The van der Waals surface area contributed by atoms with E-state index in [4.69, 9.17) is 11.6 Å². The van der Waals surface area contributed by atoms with Gasteiger partial charge in [-0.1, -0.05) is 17.7 Å². The Morgan fingerprint density at radius 3 is 3.18 bits per heavy atom. The maximum absolute atomic E-state index is 6.16. The summed E-state index contributed by atoms with van der Waals surface area (Å²) in [4.78, 5) is 4.65. The Labute approximate surface area is 114 Å². The number of thioether (sulfide) groups is 1. The number of nitrogens with zero attached hydrogens (tertiary/aromatic N) is 1. The number of aromatic nitrogens is 1. The van der Waals surface area contributed by atoms with Crippen LogP contribution in [0.15, 0.2) is 18.2 Å². The average Bonchev–Trinajstić information content (AvgIpc) is 2.74. The van der Waals surface area contributed by atoms with E-state index >= 15 is 0 Å². The molecule has 0 aliphatic carbocycles. The summed E-state index contributed by atoms with van der Waals surface area (Å²) < 4.78 is 1.12. The standard InChI is InChI=1S/C12H13ClN2S2/c13-9-2-1-3-10-12(9)17-11(15-10)6-8-7-16-5-4-14-8/h1-3,8,14H,4-7H2. The molecule has 1 N–H and O–H groups in total. The van der Waals surface area contributed by atoms with Gasteiger partial charge in [0.25, 0.3) is 0 Å². The van der Waals surface area contributed by atoms with E-state index < -0.39 is 0 Å². The molecule has 2 aromatic rings. The normalized spacial score (nSPS) is 20.9. The topological polar surface area (TPSA) is 24.9 Å². The van der Waals surface area contributed by atoms with Gasteiger partial charge < -0.3 is 5.32 Å². The molecule has 1 saturated heterocycles. The Morgan fingerprint density at radius 2 is 2.41 bits per heavy atom. The number of hydrogen-bond donors (Lipinski definition) is 1. The third kappa shape index (κ3) is 2.60. The maximum atomic E-state index is 6.16. The first kappa shape index (κ1) is 11.8. The van der Waals surface area contributed by atoms with Gasteiger partial charge in [-0.25, -0.2) is 4.98 Å². The van der Waals surface area contributed by atoms with E-state index in [-0.39, 0.29) is 0 Å². The van der Waals surface area contributed by atoms with Gasteiger partial charge >= 0.3 is 0 Å². The minimum atomic E-state index is 0.563. The first-order chi connectivity index (χ1) is 8.33. The fourth-order valence-corrected chi connectivity index (χ4v) is 4.29. The lowest BCUT2D eigenvalue weighted by molar-refractivity contribution is 0.562. The van der Waals surface area contributed by atoms with Gasteiger partial charge in [-0.3, -0.25) is 0 Å². The number of rotatable bonds is 2. The predicted molar refractivity (Wildman–Crippen MR) is 77.4 cm³/mol. The third-order valence-corrected chi connectivity index (χ3v) is 5.52. The first-order valence-corrected chi connectivity index (χ1v) is 8.03. The molecule has 1 aliphatic heterocycles. The van der Waals surface area contributed by atoms with Crippen molar-refractivity contribution in [3.05, 3.63) is 28.2 Å². The van der Waals surface area contributed by atoms with Gasteiger partial charge in [-0.05, 0) is 12.1 Å². The van der Waals surface area contributed by atoms with Crippen molar-refractivity contribution >= 4 is 44.9 Å². The minimum absolute atomic E-state index is 0.563. The molecule has 17 heavy (non-hydrogen) atoms. The Morgan fingerprint density at radius 1 is 1.47 bits per heavy atom. The fraction of sp³-hybridized carbons (Fsp3) is 0.417. The summed E-state index contributed by atoms with van der Waals surface area (Å²) in [5, 5.41) is 5.54. The molecule has 0 bridgehead atoms. The van der Waals surface area contributed by atoms with Crippen molar-refractivity contribution in [3.8, 4) is 0 Å². The molecule has 1 fully saturated rings. The summed E-state index contributed by atoms with van der Waals surface area (Å²) in [6.07, 6.45) is 1.02. The van der Waals surface area contributed by atoms with Crippen molar-refractivity contribution in [1.82, 2.24) is 10.3 Å². The highest BCUT2D eigenvalue weighted by Crippen LogP contribution is 2.29. The van der Waals surface area contributed by atoms with Gasteiger partial charge in [-0.15, -0.1) is 11.3 Å². The highest BCUT2D eigenvalue weighted by Gasteiger charge is 2.16. The molecule has 0 spiro atoms. The van der Waals surface area contributed by atoms with E-state index in [0.29, 0.717) is 6.04 Å². The fourth-order valence-electron chi connectivity index (χ4n) is 2.01. The molecule has 90 valence electrons. The first-order valence-electron chi connectivity index (χ1n) is 5.68. The van der Waals surface area contributed by atoms with E-state index in [1.54, 1.807) is 11.3 Å². The number of thiazole rings is 1. The Bertz CT molecular complexity index is 520. The highest BCUT2D eigenvalue weighted by atomic mass is 35.5. The molecule has 0 radical (unpaired) electrons. The summed E-state index contributed by atoms with van der Waals surface area (Å²) >= 11 is 9.91. The molecule has 1 unspecified atom stereocenters. The molecule has 1 aliphatic rings. The van der Waals surface area contributed by atoms with Crippen LogP contribution in [0.3, 0.4) is 0 Å². The molecule has 2 nitrogen and oxygen atoms in total. The number of fused-ring (bicyclic) bond motifs is 1.